The molecule has 2 aromatic rings. The second kappa shape index (κ2) is 11.4. The summed E-state index contributed by atoms with van der Waals surface area (Å²) >= 11 is 0. The monoisotopic (exact) mass is 401 g/mol. The number of ether oxygens (including phenoxy) is 1. The summed E-state index contributed by atoms with van der Waals surface area (Å²) in [6, 6.07) is 16.1. The maximum absolute atomic E-state index is 12.3. The van der Waals surface area contributed by atoms with Crippen LogP contribution in [0.25, 0.3) is 6.08 Å². The third-order valence-electron chi connectivity index (χ3n) is 6.01. The number of carbonyl (C=O) groups is 1. The Kier molecular flexibility index (Phi) is 8.27. The third-order valence-corrected chi connectivity index (χ3v) is 6.01. The first-order valence-electron chi connectivity index (χ1n) is 11.2. The molecule has 0 spiro atoms. The lowest BCUT2D eigenvalue weighted by atomic mass is 9.79. The predicted molar refractivity (Wildman–Crippen MR) is 121 cm³/mol. The largest absolute Gasteiger partial charge is 0.423 e. The number of carbonyl (C=O) groups excluding carboxylic acids is 1. The molecule has 1 saturated carbocycles. The highest BCUT2D eigenvalue weighted by atomic mass is 16.5. The number of hydrogen-bond acceptors (Lipinski definition) is 3. The molecule has 1 aliphatic rings. The van der Waals surface area contributed by atoms with Gasteiger partial charge in [0.1, 0.15) is 5.75 Å². The van der Waals surface area contributed by atoms with E-state index in [0.717, 1.165) is 11.5 Å². The summed E-state index contributed by atoms with van der Waals surface area (Å²) < 4.78 is 5.37. The lowest BCUT2D eigenvalue weighted by Crippen LogP contribution is -2.13. The van der Waals surface area contributed by atoms with Crippen molar-refractivity contribution in [3.63, 3.8) is 0 Å². The number of esters is 1. The molecule has 0 bridgehead atoms. The lowest BCUT2D eigenvalue weighted by molar-refractivity contribution is 0.0735. The Labute approximate surface area is 180 Å². The maximum atomic E-state index is 12.3. The number of benzene rings is 2. The Morgan fingerprint density at radius 1 is 1.03 bits per heavy atom. The molecule has 0 unspecified atom stereocenters. The molecule has 156 valence electrons. The van der Waals surface area contributed by atoms with Crippen LogP contribution in [0.5, 0.6) is 5.75 Å². The molecule has 0 heterocycles. The molecule has 0 aliphatic heterocycles. The highest BCUT2D eigenvalue weighted by molar-refractivity contribution is 5.91. The van der Waals surface area contributed by atoms with E-state index >= 15 is 0 Å². The molecule has 3 nitrogen and oxygen atoms in total. The molecule has 0 radical (unpaired) electrons. The maximum Gasteiger partial charge on any atom is 0.343 e. The Morgan fingerprint density at radius 3 is 2.37 bits per heavy atom. The van der Waals surface area contributed by atoms with E-state index in [-0.39, 0.29) is 0 Å². The number of rotatable bonds is 8. The Bertz CT molecular complexity index is 867. The van der Waals surface area contributed by atoms with Crippen LogP contribution in [0.15, 0.2) is 54.6 Å². The van der Waals surface area contributed by atoms with Crippen LogP contribution in [0.1, 0.15) is 79.8 Å². The van der Waals surface area contributed by atoms with Crippen molar-refractivity contribution < 1.29 is 9.53 Å². The minimum absolute atomic E-state index is 0.392. The second-order valence-corrected chi connectivity index (χ2v) is 8.28. The minimum atomic E-state index is -0.392. The van der Waals surface area contributed by atoms with Gasteiger partial charge in [0.05, 0.1) is 17.2 Å². The highest BCUT2D eigenvalue weighted by Crippen LogP contribution is 2.33. The van der Waals surface area contributed by atoms with Gasteiger partial charge in [-0.1, -0.05) is 56.9 Å². The van der Waals surface area contributed by atoms with Crippen LogP contribution in [0.3, 0.4) is 0 Å². The van der Waals surface area contributed by atoms with Gasteiger partial charge in [0.15, 0.2) is 0 Å². The second-order valence-electron chi connectivity index (χ2n) is 8.28. The van der Waals surface area contributed by atoms with E-state index in [4.69, 9.17) is 10.00 Å². The van der Waals surface area contributed by atoms with Gasteiger partial charge in [-0.2, -0.15) is 5.26 Å². The van der Waals surface area contributed by atoms with Crippen molar-refractivity contribution in [3.8, 4) is 11.8 Å². The molecule has 3 heteroatoms. The molecule has 0 saturated heterocycles. The van der Waals surface area contributed by atoms with Gasteiger partial charge in [-0.25, -0.2) is 4.79 Å². The normalized spacial score (nSPS) is 18.8. The van der Waals surface area contributed by atoms with Gasteiger partial charge in [0.2, 0.25) is 0 Å². The van der Waals surface area contributed by atoms with Crippen molar-refractivity contribution >= 4 is 12.0 Å². The molecule has 2 aromatic carbocycles. The number of nitrogens with zero attached hydrogens (tertiary/aromatic N) is 1. The van der Waals surface area contributed by atoms with E-state index < -0.39 is 5.97 Å². The van der Waals surface area contributed by atoms with Gasteiger partial charge in [-0.3, -0.25) is 0 Å². The molecular formula is C27H31NO2. The van der Waals surface area contributed by atoms with Crippen LogP contribution in [-0.4, -0.2) is 5.97 Å². The Morgan fingerprint density at radius 2 is 1.73 bits per heavy atom. The SMILES string of the molecule is CCCCCC1CCC(/C=C/c2ccc(C(=O)Oc3ccc(C#N)cc3)cc2)CC1. The fourth-order valence-electron chi connectivity index (χ4n) is 4.09. The predicted octanol–water partition coefficient (Wildman–Crippen LogP) is 7.18. The average molecular weight is 402 g/mol. The van der Waals surface area contributed by atoms with Crippen LogP contribution in [0, 0.1) is 23.2 Å². The van der Waals surface area contributed by atoms with Crippen molar-refractivity contribution in [2.45, 2.75) is 58.3 Å². The zero-order valence-electron chi connectivity index (χ0n) is 17.8. The summed E-state index contributed by atoms with van der Waals surface area (Å²) in [4.78, 5) is 12.3. The summed E-state index contributed by atoms with van der Waals surface area (Å²) in [6.45, 7) is 2.27. The Hall–Kier alpha value is -2.86. The summed E-state index contributed by atoms with van der Waals surface area (Å²) in [5.74, 6) is 1.65. The van der Waals surface area contributed by atoms with Crippen LogP contribution in [0.4, 0.5) is 0 Å². The number of unbranched alkanes of at least 4 members (excludes halogenated alkanes) is 2. The topological polar surface area (TPSA) is 50.1 Å². The van der Waals surface area contributed by atoms with E-state index in [1.165, 1.54) is 51.4 Å². The van der Waals surface area contributed by atoms with Crippen molar-refractivity contribution in [3.05, 3.63) is 71.3 Å². The average Bonchev–Trinajstić information content (AvgIpc) is 2.79. The van der Waals surface area contributed by atoms with Gasteiger partial charge in [-0.05, 0) is 79.5 Å². The molecular weight excluding hydrogens is 370 g/mol. The van der Waals surface area contributed by atoms with E-state index in [2.05, 4.69) is 19.1 Å². The summed E-state index contributed by atoms with van der Waals surface area (Å²) in [6.07, 6.45) is 15.3. The smallest absolute Gasteiger partial charge is 0.343 e. The van der Waals surface area contributed by atoms with Crippen LogP contribution in [-0.2, 0) is 0 Å². The standard InChI is InChI=1S/C27H31NO2/c1-2-3-4-5-21-6-8-22(9-7-21)10-11-23-12-16-25(17-13-23)27(29)30-26-18-14-24(20-28)15-19-26/h10-19,21-22H,2-9H2,1H3/b11-10+. The van der Waals surface area contributed by atoms with Gasteiger partial charge < -0.3 is 4.74 Å². The van der Waals surface area contributed by atoms with Crippen molar-refractivity contribution in [2.24, 2.45) is 11.8 Å². The first kappa shape index (κ1) is 21.8. The highest BCUT2D eigenvalue weighted by Gasteiger charge is 2.18. The summed E-state index contributed by atoms with van der Waals surface area (Å²) in [7, 11) is 0. The quantitative estimate of drug-likeness (QED) is 0.267. The van der Waals surface area contributed by atoms with Gasteiger partial charge in [0, 0.05) is 0 Å². The van der Waals surface area contributed by atoms with Gasteiger partial charge in [-0.15, -0.1) is 0 Å². The number of allylic oxidation sites excluding steroid dienone is 1. The van der Waals surface area contributed by atoms with Crippen LogP contribution in [0.2, 0.25) is 0 Å². The molecule has 3 rings (SSSR count). The fourth-order valence-corrected chi connectivity index (χ4v) is 4.09. The fraction of sp³-hybridized carbons (Fsp3) is 0.407. The molecule has 1 fully saturated rings. The van der Waals surface area contributed by atoms with Crippen LogP contribution >= 0.6 is 0 Å². The van der Waals surface area contributed by atoms with E-state index in [9.17, 15) is 4.79 Å². The summed E-state index contributed by atoms with van der Waals surface area (Å²) in [5.41, 5.74) is 2.16. The number of hydrogen-bond donors (Lipinski definition) is 0. The zero-order valence-corrected chi connectivity index (χ0v) is 17.8. The Balaban J connectivity index is 1.47. The third kappa shape index (κ3) is 6.59. The van der Waals surface area contributed by atoms with Gasteiger partial charge in [0.25, 0.3) is 0 Å². The molecule has 1 aliphatic carbocycles. The van der Waals surface area contributed by atoms with Crippen molar-refractivity contribution in [1.29, 1.82) is 5.26 Å². The van der Waals surface area contributed by atoms with Crippen LogP contribution < -0.4 is 4.74 Å². The van der Waals surface area contributed by atoms with E-state index in [1.54, 1.807) is 36.4 Å². The molecule has 0 atom stereocenters. The van der Waals surface area contributed by atoms with E-state index in [1.807, 2.05) is 18.2 Å². The first-order valence-corrected chi connectivity index (χ1v) is 11.2. The first-order chi connectivity index (χ1) is 14.7. The van der Waals surface area contributed by atoms with Crippen molar-refractivity contribution in [2.75, 3.05) is 0 Å². The van der Waals surface area contributed by atoms with E-state index in [0.29, 0.717) is 22.8 Å². The lowest BCUT2D eigenvalue weighted by Gasteiger charge is -2.26. The molecule has 30 heavy (non-hydrogen) atoms. The number of nitriles is 1. The zero-order chi connectivity index (χ0) is 21.2. The minimum Gasteiger partial charge on any atom is -0.423 e. The van der Waals surface area contributed by atoms with Crippen molar-refractivity contribution in [1.82, 2.24) is 0 Å². The molecule has 0 N–H and O–H groups in total. The summed E-state index contributed by atoms with van der Waals surface area (Å²) in [5, 5.41) is 8.83. The molecule has 0 aromatic heterocycles. The van der Waals surface area contributed by atoms with Gasteiger partial charge >= 0.3 is 5.97 Å². The molecule has 0 amide bonds.